The fourth-order valence-corrected chi connectivity index (χ4v) is 3.58. The van der Waals surface area contributed by atoms with E-state index in [0.717, 1.165) is 18.4 Å². The van der Waals surface area contributed by atoms with Gasteiger partial charge >= 0.3 is 0 Å². The van der Waals surface area contributed by atoms with Crippen LogP contribution in [0, 0.1) is 5.92 Å². The fourth-order valence-electron chi connectivity index (χ4n) is 3.58. The molecule has 1 aromatic rings. The van der Waals surface area contributed by atoms with Crippen LogP contribution in [0.1, 0.15) is 38.4 Å². The van der Waals surface area contributed by atoms with Crippen molar-refractivity contribution in [2.75, 3.05) is 13.7 Å². The van der Waals surface area contributed by atoms with Crippen molar-refractivity contribution >= 4 is 5.91 Å². The molecule has 114 valence electrons. The van der Waals surface area contributed by atoms with Crippen LogP contribution in [-0.2, 0) is 14.3 Å². The molecule has 0 bridgehead atoms. The number of amides is 1. The molecule has 21 heavy (non-hydrogen) atoms. The van der Waals surface area contributed by atoms with Crippen molar-refractivity contribution in [1.29, 1.82) is 0 Å². The Labute approximate surface area is 126 Å². The number of rotatable bonds is 3. The van der Waals surface area contributed by atoms with E-state index in [9.17, 15) is 4.79 Å². The molecule has 2 saturated heterocycles. The van der Waals surface area contributed by atoms with Crippen LogP contribution in [0.2, 0.25) is 0 Å². The largest absolute Gasteiger partial charge is 0.382 e. The van der Waals surface area contributed by atoms with E-state index < -0.39 is 5.72 Å². The minimum Gasteiger partial charge on any atom is -0.382 e. The van der Waals surface area contributed by atoms with E-state index >= 15 is 0 Å². The number of hydrogen-bond acceptors (Lipinski definition) is 3. The van der Waals surface area contributed by atoms with Crippen LogP contribution >= 0.6 is 0 Å². The standard InChI is InChI=1S/C17H23NO3/c1-12-9-10-17(2)18(16(12)19)14(11-20-3)15(21-17)13-7-5-4-6-8-13/h4-8,12,14-15H,9-11H2,1-3H3/t12?,14-,15-,17+/m0/s1. The van der Waals surface area contributed by atoms with Gasteiger partial charge in [-0.3, -0.25) is 4.79 Å². The van der Waals surface area contributed by atoms with E-state index in [1.807, 2.05) is 36.9 Å². The Morgan fingerprint density at radius 1 is 1.38 bits per heavy atom. The summed E-state index contributed by atoms with van der Waals surface area (Å²) in [7, 11) is 1.68. The van der Waals surface area contributed by atoms with Gasteiger partial charge in [0.2, 0.25) is 5.91 Å². The summed E-state index contributed by atoms with van der Waals surface area (Å²) >= 11 is 0. The first-order valence-electron chi connectivity index (χ1n) is 7.62. The second kappa shape index (κ2) is 5.43. The van der Waals surface area contributed by atoms with Gasteiger partial charge in [-0.1, -0.05) is 37.3 Å². The highest BCUT2D eigenvalue weighted by Crippen LogP contribution is 2.47. The molecule has 0 saturated carbocycles. The lowest BCUT2D eigenvalue weighted by molar-refractivity contribution is -0.166. The molecular weight excluding hydrogens is 266 g/mol. The molecule has 1 aromatic carbocycles. The third kappa shape index (κ3) is 2.36. The van der Waals surface area contributed by atoms with Gasteiger partial charge < -0.3 is 14.4 Å². The van der Waals surface area contributed by atoms with Crippen LogP contribution in [0.3, 0.4) is 0 Å². The molecular formula is C17H23NO3. The first-order valence-corrected chi connectivity index (χ1v) is 7.62. The lowest BCUT2D eigenvalue weighted by Gasteiger charge is -2.42. The number of carbonyl (C=O) groups is 1. The number of methoxy groups -OCH3 is 1. The Kier molecular flexibility index (Phi) is 3.76. The zero-order valence-corrected chi connectivity index (χ0v) is 12.9. The number of piperidine rings is 1. The van der Waals surface area contributed by atoms with E-state index in [1.165, 1.54) is 0 Å². The van der Waals surface area contributed by atoms with E-state index in [2.05, 4.69) is 12.1 Å². The normalized spacial score (nSPS) is 35.9. The van der Waals surface area contributed by atoms with Crippen LogP contribution in [0.15, 0.2) is 30.3 Å². The Hall–Kier alpha value is -1.39. The van der Waals surface area contributed by atoms with Gasteiger partial charge in [-0.25, -0.2) is 0 Å². The summed E-state index contributed by atoms with van der Waals surface area (Å²) in [6.45, 7) is 4.53. The SMILES string of the molecule is COC[C@H]1[C@H](c2ccccc2)O[C@]2(C)CCC(C)C(=O)N12. The first kappa shape index (κ1) is 14.5. The highest BCUT2D eigenvalue weighted by Gasteiger charge is 2.55. The average molecular weight is 289 g/mol. The molecule has 2 heterocycles. The van der Waals surface area contributed by atoms with Crippen molar-refractivity contribution in [3.8, 4) is 0 Å². The zero-order chi connectivity index (χ0) is 15.0. The summed E-state index contributed by atoms with van der Waals surface area (Å²) in [4.78, 5) is 14.6. The molecule has 0 N–H and O–H groups in total. The van der Waals surface area contributed by atoms with Gasteiger partial charge in [-0.05, 0) is 25.3 Å². The Morgan fingerprint density at radius 2 is 2.10 bits per heavy atom. The molecule has 2 aliphatic heterocycles. The maximum atomic E-state index is 12.7. The van der Waals surface area contributed by atoms with Crippen LogP contribution in [0.25, 0.3) is 0 Å². The second-order valence-electron chi connectivity index (χ2n) is 6.29. The smallest absolute Gasteiger partial charge is 0.228 e. The molecule has 4 atom stereocenters. The second-order valence-corrected chi connectivity index (χ2v) is 6.29. The summed E-state index contributed by atoms with van der Waals surface area (Å²) in [5.74, 6) is 0.250. The molecule has 1 unspecified atom stereocenters. The average Bonchev–Trinajstić information content (AvgIpc) is 2.79. The van der Waals surface area contributed by atoms with Crippen molar-refractivity contribution in [3.05, 3.63) is 35.9 Å². The van der Waals surface area contributed by atoms with Gasteiger partial charge in [-0.2, -0.15) is 0 Å². The highest BCUT2D eigenvalue weighted by atomic mass is 16.6. The molecule has 1 amide bonds. The summed E-state index contributed by atoms with van der Waals surface area (Å²) in [5.41, 5.74) is 0.600. The number of benzene rings is 1. The van der Waals surface area contributed by atoms with E-state index in [1.54, 1.807) is 7.11 Å². The van der Waals surface area contributed by atoms with Gasteiger partial charge in [0.15, 0.2) is 0 Å². The van der Waals surface area contributed by atoms with Gasteiger partial charge in [0.25, 0.3) is 0 Å². The zero-order valence-electron chi connectivity index (χ0n) is 12.9. The molecule has 2 fully saturated rings. The molecule has 0 aliphatic carbocycles. The van der Waals surface area contributed by atoms with Crippen LogP contribution < -0.4 is 0 Å². The topological polar surface area (TPSA) is 38.8 Å². The van der Waals surface area contributed by atoms with E-state index in [4.69, 9.17) is 9.47 Å². The quantitative estimate of drug-likeness (QED) is 0.859. The molecule has 0 spiro atoms. The summed E-state index contributed by atoms with van der Waals surface area (Å²) in [6.07, 6.45) is 1.64. The fraction of sp³-hybridized carbons (Fsp3) is 0.588. The van der Waals surface area contributed by atoms with Crippen molar-refractivity contribution in [2.45, 2.75) is 44.6 Å². The number of carbonyl (C=O) groups excluding carboxylic acids is 1. The van der Waals surface area contributed by atoms with Gasteiger partial charge in [0.1, 0.15) is 11.8 Å². The van der Waals surface area contributed by atoms with Crippen LogP contribution in [0.4, 0.5) is 0 Å². The number of nitrogens with zero attached hydrogens (tertiary/aromatic N) is 1. The van der Waals surface area contributed by atoms with Gasteiger partial charge in [-0.15, -0.1) is 0 Å². The molecule has 4 nitrogen and oxygen atoms in total. The number of fused-ring (bicyclic) bond motifs is 1. The summed E-state index contributed by atoms with van der Waals surface area (Å²) in [6, 6.07) is 10.1. The van der Waals surface area contributed by atoms with Crippen molar-refractivity contribution in [3.63, 3.8) is 0 Å². The lowest BCUT2D eigenvalue weighted by Crippen LogP contribution is -2.56. The minimum absolute atomic E-state index is 0.0577. The molecule has 2 aliphatic rings. The molecule has 3 rings (SSSR count). The Balaban J connectivity index is 1.98. The van der Waals surface area contributed by atoms with E-state index in [-0.39, 0.29) is 24.0 Å². The lowest BCUT2D eigenvalue weighted by atomic mass is 9.90. The van der Waals surface area contributed by atoms with E-state index in [0.29, 0.717) is 6.61 Å². The number of ether oxygens (including phenoxy) is 2. The summed E-state index contributed by atoms with van der Waals surface area (Å²) < 4.78 is 11.7. The highest BCUT2D eigenvalue weighted by molar-refractivity contribution is 5.80. The van der Waals surface area contributed by atoms with Crippen molar-refractivity contribution in [2.24, 2.45) is 5.92 Å². The molecule has 0 radical (unpaired) electrons. The molecule has 4 heteroatoms. The predicted molar refractivity (Wildman–Crippen MR) is 79.6 cm³/mol. The first-order chi connectivity index (χ1) is 10.1. The number of hydrogen-bond donors (Lipinski definition) is 0. The van der Waals surface area contributed by atoms with Crippen molar-refractivity contribution in [1.82, 2.24) is 4.90 Å². The van der Waals surface area contributed by atoms with Gasteiger partial charge in [0.05, 0.1) is 12.6 Å². The Bertz CT molecular complexity index is 518. The predicted octanol–water partition coefficient (Wildman–Crippen LogP) is 2.75. The van der Waals surface area contributed by atoms with Crippen LogP contribution in [0.5, 0.6) is 0 Å². The summed E-state index contributed by atoms with van der Waals surface area (Å²) in [5, 5.41) is 0. The minimum atomic E-state index is -0.507. The van der Waals surface area contributed by atoms with Crippen LogP contribution in [-0.4, -0.2) is 36.3 Å². The van der Waals surface area contributed by atoms with Gasteiger partial charge in [0, 0.05) is 13.0 Å². The Morgan fingerprint density at radius 3 is 2.76 bits per heavy atom. The molecule has 0 aromatic heterocycles. The van der Waals surface area contributed by atoms with Crippen molar-refractivity contribution < 1.29 is 14.3 Å². The third-order valence-corrected chi connectivity index (χ3v) is 4.74. The maximum Gasteiger partial charge on any atom is 0.228 e. The third-order valence-electron chi connectivity index (χ3n) is 4.74. The maximum absolute atomic E-state index is 12.7. The monoisotopic (exact) mass is 289 g/mol.